The molecule has 1 rings (SSSR count). The van der Waals surface area contributed by atoms with Crippen molar-refractivity contribution in [1.82, 2.24) is 16.0 Å². The molecule has 0 aromatic rings. The van der Waals surface area contributed by atoms with Gasteiger partial charge in [0.05, 0.1) is 6.04 Å². The van der Waals surface area contributed by atoms with Crippen LogP contribution in [0.3, 0.4) is 0 Å². The Morgan fingerprint density at radius 1 is 1.62 bits per heavy atom. The van der Waals surface area contributed by atoms with Crippen LogP contribution in [0.4, 0.5) is 0 Å². The fourth-order valence-electron chi connectivity index (χ4n) is 1.64. The zero-order chi connectivity index (χ0) is 9.68. The molecule has 2 atom stereocenters. The average Bonchev–Trinajstić information content (AvgIpc) is 2.18. The van der Waals surface area contributed by atoms with Crippen LogP contribution in [-0.4, -0.2) is 38.1 Å². The van der Waals surface area contributed by atoms with Gasteiger partial charge in [0.2, 0.25) is 5.91 Å². The topological polar surface area (TPSA) is 53.2 Å². The van der Waals surface area contributed by atoms with E-state index < -0.39 is 0 Å². The molecule has 4 heteroatoms. The van der Waals surface area contributed by atoms with Crippen molar-refractivity contribution >= 4 is 5.91 Å². The lowest BCUT2D eigenvalue weighted by Gasteiger charge is -2.26. The van der Waals surface area contributed by atoms with Crippen LogP contribution in [0.5, 0.6) is 0 Å². The van der Waals surface area contributed by atoms with Gasteiger partial charge >= 0.3 is 0 Å². The second-order valence-electron chi connectivity index (χ2n) is 3.55. The molecule has 1 aliphatic rings. The van der Waals surface area contributed by atoms with Gasteiger partial charge in [0, 0.05) is 19.6 Å². The van der Waals surface area contributed by atoms with Crippen LogP contribution in [0.2, 0.25) is 0 Å². The Labute approximate surface area is 79.5 Å². The molecular formula is C9H19N3O. The van der Waals surface area contributed by atoms with Gasteiger partial charge in [0.25, 0.3) is 0 Å². The van der Waals surface area contributed by atoms with Gasteiger partial charge in [-0.1, -0.05) is 0 Å². The highest BCUT2D eigenvalue weighted by molar-refractivity contribution is 5.80. The van der Waals surface area contributed by atoms with Crippen LogP contribution in [-0.2, 0) is 4.79 Å². The van der Waals surface area contributed by atoms with Gasteiger partial charge in [0.15, 0.2) is 0 Å². The molecule has 0 spiro atoms. The number of hydrogen-bond acceptors (Lipinski definition) is 3. The Kier molecular flexibility index (Phi) is 4.18. The number of carbonyl (C=O) groups is 1. The third kappa shape index (κ3) is 3.32. The van der Waals surface area contributed by atoms with Crippen LogP contribution in [0.1, 0.15) is 19.8 Å². The first-order chi connectivity index (χ1) is 6.24. The quantitative estimate of drug-likeness (QED) is 0.553. The monoisotopic (exact) mass is 185 g/mol. The van der Waals surface area contributed by atoms with Crippen LogP contribution in [0, 0.1) is 0 Å². The summed E-state index contributed by atoms with van der Waals surface area (Å²) in [5.41, 5.74) is 0. The maximum atomic E-state index is 11.2. The van der Waals surface area contributed by atoms with E-state index in [0.29, 0.717) is 6.04 Å². The number of piperidine rings is 1. The predicted octanol–water partition coefficient (Wildman–Crippen LogP) is -0.537. The SMILES string of the molecule is CNC(=O)C(C)NC1CCCNC1. The molecule has 1 aliphatic heterocycles. The number of rotatable bonds is 3. The second kappa shape index (κ2) is 5.19. The summed E-state index contributed by atoms with van der Waals surface area (Å²) in [5, 5.41) is 9.23. The highest BCUT2D eigenvalue weighted by atomic mass is 16.2. The van der Waals surface area contributed by atoms with E-state index >= 15 is 0 Å². The van der Waals surface area contributed by atoms with E-state index in [4.69, 9.17) is 0 Å². The molecule has 0 bridgehead atoms. The minimum absolute atomic E-state index is 0.0607. The zero-order valence-corrected chi connectivity index (χ0v) is 8.39. The molecule has 1 amide bonds. The molecule has 0 radical (unpaired) electrons. The first kappa shape index (κ1) is 10.5. The summed E-state index contributed by atoms with van der Waals surface area (Å²) in [4.78, 5) is 11.2. The van der Waals surface area contributed by atoms with E-state index in [-0.39, 0.29) is 11.9 Å². The molecule has 4 nitrogen and oxygen atoms in total. The summed E-state index contributed by atoms with van der Waals surface area (Å²) in [5.74, 6) is 0.0607. The normalized spacial score (nSPS) is 25.2. The van der Waals surface area contributed by atoms with Crippen LogP contribution in [0.15, 0.2) is 0 Å². The summed E-state index contributed by atoms with van der Waals surface area (Å²) in [6.07, 6.45) is 2.35. The van der Waals surface area contributed by atoms with Crippen molar-refractivity contribution in [3.8, 4) is 0 Å². The first-order valence-corrected chi connectivity index (χ1v) is 4.92. The predicted molar refractivity (Wildman–Crippen MR) is 52.6 cm³/mol. The number of hydrogen-bond donors (Lipinski definition) is 3. The van der Waals surface area contributed by atoms with E-state index in [9.17, 15) is 4.79 Å². The third-order valence-corrected chi connectivity index (χ3v) is 2.42. The minimum Gasteiger partial charge on any atom is -0.358 e. The van der Waals surface area contributed by atoms with E-state index in [2.05, 4.69) is 16.0 Å². The highest BCUT2D eigenvalue weighted by Crippen LogP contribution is 2.02. The minimum atomic E-state index is -0.0881. The molecule has 13 heavy (non-hydrogen) atoms. The van der Waals surface area contributed by atoms with Gasteiger partial charge in [-0.25, -0.2) is 0 Å². The van der Waals surface area contributed by atoms with Gasteiger partial charge < -0.3 is 16.0 Å². The molecule has 3 N–H and O–H groups in total. The summed E-state index contributed by atoms with van der Waals surface area (Å²) in [7, 11) is 1.67. The van der Waals surface area contributed by atoms with Gasteiger partial charge in [0.1, 0.15) is 0 Å². The molecule has 2 unspecified atom stereocenters. The molecule has 0 aliphatic carbocycles. The van der Waals surface area contributed by atoms with Gasteiger partial charge in [-0.05, 0) is 26.3 Å². The lowest BCUT2D eigenvalue weighted by atomic mass is 10.1. The van der Waals surface area contributed by atoms with Gasteiger partial charge in [-0.2, -0.15) is 0 Å². The van der Waals surface area contributed by atoms with E-state index in [1.165, 1.54) is 6.42 Å². The highest BCUT2D eigenvalue weighted by Gasteiger charge is 2.18. The van der Waals surface area contributed by atoms with E-state index in [0.717, 1.165) is 19.5 Å². The summed E-state index contributed by atoms with van der Waals surface area (Å²) < 4.78 is 0. The Bertz CT molecular complexity index is 166. The molecule has 1 fully saturated rings. The number of nitrogens with one attached hydrogen (secondary N) is 3. The number of amides is 1. The zero-order valence-electron chi connectivity index (χ0n) is 8.39. The molecule has 0 aromatic heterocycles. The lowest BCUT2D eigenvalue weighted by Crippen LogP contribution is -2.51. The van der Waals surface area contributed by atoms with Crippen LogP contribution < -0.4 is 16.0 Å². The summed E-state index contributed by atoms with van der Waals surface area (Å²) in [6.45, 7) is 3.97. The number of carbonyl (C=O) groups excluding carboxylic acids is 1. The van der Waals surface area contributed by atoms with Crippen molar-refractivity contribution in [2.24, 2.45) is 0 Å². The Balaban J connectivity index is 2.25. The van der Waals surface area contributed by atoms with Gasteiger partial charge in [-0.3, -0.25) is 4.79 Å². The standard InChI is InChI=1S/C9H19N3O/c1-7(9(13)10-2)12-8-4-3-5-11-6-8/h7-8,11-12H,3-6H2,1-2H3,(H,10,13). The van der Waals surface area contributed by atoms with Crippen LogP contribution >= 0.6 is 0 Å². The van der Waals surface area contributed by atoms with Crippen molar-refractivity contribution < 1.29 is 4.79 Å². The molecular weight excluding hydrogens is 166 g/mol. The molecule has 0 saturated carbocycles. The first-order valence-electron chi connectivity index (χ1n) is 4.92. The maximum absolute atomic E-state index is 11.2. The Hall–Kier alpha value is -0.610. The average molecular weight is 185 g/mol. The fourth-order valence-corrected chi connectivity index (χ4v) is 1.64. The van der Waals surface area contributed by atoms with Gasteiger partial charge in [-0.15, -0.1) is 0 Å². The smallest absolute Gasteiger partial charge is 0.236 e. The Morgan fingerprint density at radius 2 is 2.38 bits per heavy atom. The lowest BCUT2D eigenvalue weighted by molar-refractivity contribution is -0.122. The van der Waals surface area contributed by atoms with E-state index in [1.807, 2.05) is 6.92 Å². The number of likely N-dealkylation sites (N-methyl/N-ethyl adjacent to an activating group) is 1. The molecule has 1 saturated heterocycles. The van der Waals surface area contributed by atoms with Crippen molar-refractivity contribution in [3.63, 3.8) is 0 Å². The largest absolute Gasteiger partial charge is 0.358 e. The van der Waals surface area contributed by atoms with Crippen molar-refractivity contribution in [3.05, 3.63) is 0 Å². The van der Waals surface area contributed by atoms with Crippen molar-refractivity contribution in [2.75, 3.05) is 20.1 Å². The van der Waals surface area contributed by atoms with Crippen molar-refractivity contribution in [1.29, 1.82) is 0 Å². The molecule has 1 heterocycles. The summed E-state index contributed by atoms with van der Waals surface area (Å²) in [6, 6.07) is 0.357. The Morgan fingerprint density at radius 3 is 2.92 bits per heavy atom. The third-order valence-electron chi connectivity index (χ3n) is 2.42. The van der Waals surface area contributed by atoms with Crippen LogP contribution in [0.25, 0.3) is 0 Å². The summed E-state index contributed by atoms with van der Waals surface area (Å²) >= 11 is 0. The van der Waals surface area contributed by atoms with Crippen molar-refractivity contribution in [2.45, 2.75) is 31.8 Å². The fraction of sp³-hybridized carbons (Fsp3) is 0.889. The molecule has 76 valence electrons. The maximum Gasteiger partial charge on any atom is 0.236 e. The second-order valence-corrected chi connectivity index (χ2v) is 3.55. The van der Waals surface area contributed by atoms with E-state index in [1.54, 1.807) is 7.05 Å². The molecule has 0 aromatic carbocycles.